The molecular weight excluding hydrogens is 510 g/mol. The van der Waals surface area contributed by atoms with E-state index in [-0.39, 0.29) is 11.1 Å². The Bertz CT molecular complexity index is 1620. The van der Waals surface area contributed by atoms with Gasteiger partial charge in [-0.15, -0.1) is 11.3 Å². The van der Waals surface area contributed by atoms with Crippen molar-refractivity contribution in [1.82, 2.24) is 4.98 Å². The maximum absolute atomic E-state index is 12.6. The second kappa shape index (κ2) is 14.3. The number of rotatable bonds is 17. The molecule has 0 aliphatic heterocycles. The van der Waals surface area contributed by atoms with Gasteiger partial charge < -0.3 is 0 Å². The minimum Gasteiger partial charge on any atom is -0.288 e. The van der Waals surface area contributed by atoms with Gasteiger partial charge in [0, 0.05) is 36.3 Å². The van der Waals surface area contributed by atoms with Crippen LogP contribution in [0.15, 0.2) is 52.1 Å². The quantitative estimate of drug-likeness (QED) is 0.0704. The summed E-state index contributed by atoms with van der Waals surface area (Å²) in [5, 5.41) is 5.56. The van der Waals surface area contributed by atoms with Gasteiger partial charge in [0.2, 0.25) is 0 Å². The Labute approximate surface area is 242 Å². The number of aromatic amines is 1. The van der Waals surface area contributed by atoms with Crippen molar-refractivity contribution in [2.75, 3.05) is 0 Å². The van der Waals surface area contributed by atoms with Crippen LogP contribution in [0.2, 0.25) is 0 Å². The number of nitrogens with one attached hydrogen (secondary N) is 1. The minimum absolute atomic E-state index is 0.293. The predicted octanol–water partition coefficient (Wildman–Crippen LogP) is 10.7. The molecule has 0 aliphatic carbocycles. The van der Waals surface area contributed by atoms with E-state index < -0.39 is 0 Å². The monoisotopic (exact) mass is 555 g/mol. The maximum atomic E-state index is 12.6. The summed E-state index contributed by atoms with van der Waals surface area (Å²) >= 11 is 1.77. The molecule has 3 nitrogen and oxygen atoms in total. The minimum atomic E-state index is -0.293. The number of hydrogen-bond acceptors (Lipinski definition) is 3. The van der Waals surface area contributed by atoms with Gasteiger partial charge in [0.05, 0.1) is 0 Å². The first-order chi connectivity index (χ1) is 19.7. The summed E-state index contributed by atoms with van der Waals surface area (Å²) in [6, 6.07) is 14.5. The number of benzene rings is 3. The second-order valence-corrected chi connectivity index (χ2v) is 12.8. The van der Waals surface area contributed by atoms with Gasteiger partial charge >= 0.3 is 0 Å². The lowest BCUT2D eigenvalue weighted by molar-refractivity contribution is 0.529. The summed E-state index contributed by atoms with van der Waals surface area (Å²) < 4.78 is 2.40. The number of fused-ring (bicyclic) bond motifs is 2. The van der Waals surface area contributed by atoms with E-state index in [9.17, 15) is 9.59 Å². The van der Waals surface area contributed by atoms with Crippen LogP contribution in [0.5, 0.6) is 0 Å². The molecule has 0 saturated heterocycles. The average molecular weight is 556 g/mol. The first-order valence-corrected chi connectivity index (χ1v) is 16.8. The summed E-state index contributed by atoms with van der Waals surface area (Å²) in [5.41, 5.74) is 0.796. The lowest BCUT2D eigenvalue weighted by Crippen LogP contribution is -2.19. The zero-order valence-corrected chi connectivity index (χ0v) is 25.1. The first kappa shape index (κ1) is 28.8. The molecule has 0 radical (unpaired) electrons. The first-order valence-electron chi connectivity index (χ1n) is 15.9. The molecule has 0 spiro atoms. The van der Waals surface area contributed by atoms with Crippen LogP contribution in [-0.4, -0.2) is 4.98 Å². The van der Waals surface area contributed by atoms with Crippen molar-refractivity contribution < 1.29 is 0 Å². The van der Waals surface area contributed by atoms with Crippen molar-refractivity contribution in [1.29, 1.82) is 0 Å². The third kappa shape index (κ3) is 6.60. The highest BCUT2D eigenvalue weighted by molar-refractivity contribution is 7.25. The van der Waals surface area contributed by atoms with E-state index in [0.717, 1.165) is 21.9 Å². The molecule has 1 N–H and O–H groups in total. The van der Waals surface area contributed by atoms with Gasteiger partial charge in [0.15, 0.2) is 0 Å². The molecule has 5 rings (SSSR count). The van der Waals surface area contributed by atoms with Gasteiger partial charge in [-0.2, -0.15) is 0 Å². The summed E-state index contributed by atoms with van der Waals surface area (Å²) in [6.45, 7) is 2.29. The van der Waals surface area contributed by atoms with Crippen molar-refractivity contribution >= 4 is 53.1 Å². The molecule has 0 saturated carbocycles. The van der Waals surface area contributed by atoms with Crippen LogP contribution in [0.3, 0.4) is 0 Å². The van der Waals surface area contributed by atoms with E-state index in [4.69, 9.17) is 0 Å². The Kier molecular flexibility index (Phi) is 10.3. The Morgan fingerprint density at radius 2 is 1.02 bits per heavy atom. The van der Waals surface area contributed by atoms with Crippen LogP contribution in [0.25, 0.3) is 41.7 Å². The summed E-state index contributed by atoms with van der Waals surface area (Å²) in [6.07, 6.45) is 23.2. The highest BCUT2D eigenvalue weighted by atomic mass is 32.1. The van der Waals surface area contributed by atoms with Crippen LogP contribution in [0, 0.1) is 0 Å². The molecule has 212 valence electrons. The molecule has 2 aromatic heterocycles. The molecule has 2 heterocycles. The maximum Gasteiger partial charge on any atom is 0.258 e. The lowest BCUT2D eigenvalue weighted by Gasteiger charge is -2.14. The van der Waals surface area contributed by atoms with Crippen LogP contribution in [0.1, 0.15) is 115 Å². The van der Waals surface area contributed by atoms with Crippen molar-refractivity contribution in [3.8, 4) is 0 Å². The fourth-order valence-electron chi connectivity index (χ4n) is 6.53. The molecule has 40 heavy (non-hydrogen) atoms. The summed E-state index contributed by atoms with van der Waals surface area (Å²) in [4.78, 5) is 27.6. The fraction of sp³-hybridized carbons (Fsp3) is 0.500. The van der Waals surface area contributed by atoms with Gasteiger partial charge in [-0.1, -0.05) is 121 Å². The molecule has 0 bridgehead atoms. The zero-order valence-electron chi connectivity index (χ0n) is 24.3. The lowest BCUT2D eigenvalue weighted by atomic mass is 9.94. The molecule has 0 unspecified atom stereocenters. The highest BCUT2D eigenvalue weighted by Gasteiger charge is 2.16. The molecule has 0 amide bonds. The third-order valence-corrected chi connectivity index (χ3v) is 9.86. The standard InChI is InChI=1S/C36H45NO2S/c1-2-3-4-5-6-7-8-9-10-11-12-13-14-15-16-17-19-26-20-18-21-30-32(26)27-22-23-28-33-29(36(39)37-35(28)38)24-25-31(40-30)34(27)33/h18,20-25H,2-17,19H2,1H3,(H,37,38,39). The van der Waals surface area contributed by atoms with Crippen LogP contribution >= 0.6 is 11.3 Å². The molecule has 5 aromatic rings. The van der Waals surface area contributed by atoms with Gasteiger partial charge in [0.25, 0.3) is 11.1 Å². The third-order valence-electron chi connectivity index (χ3n) is 8.74. The number of hydrogen-bond donors (Lipinski definition) is 1. The second-order valence-electron chi connectivity index (χ2n) is 11.8. The number of aromatic nitrogens is 1. The fourth-order valence-corrected chi connectivity index (χ4v) is 7.71. The Balaban J connectivity index is 1.12. The summed E-state index contributed by atoms with van der Waals surface area (Å²) in [7, 11) is 0. The summed E-state index contributed by atoms with van der Waals surface area (Å²) in [5.74, 6) is 0. The van der Waals surface area contributed by atoms with Gasteiger partial charge in [-0.3, -0.25) is 14.6 Å². The average Bonchev–Trinajstić information content (AvgIpc) is 2.96. The number of aryl methyl sites for hydroxylation is 1. The Morgan fingerprint density at radius 1 is 0.525 bits per heavy atom. The van der Waals surface area contributed by atoms with Gasteiger partial charge in [0.1, 0.15) is 0 Å². The Hall–Kier alpha value is -2.72. The molecule has 3 aromatic carbocycles. The smallest absolute Gasteiger partial charge is 0.258 e. The van der Waals surface area contributed by atoms with Crippen LogP contribution < -0.4 is 11.1 Å². The SMILES string of the molecule is CCCCCCCCCCCCCCCCCCc1cccc2sc3ccc4c(=O)[nH]c(=O)c5ccc(c12)c3c45. The van der Waals surface area contributed by atoms with E-state index in [1.54, 1.807) is 11.3 Å². The zero-order chi connectivity index (χ0) is 27.7. The predicted molar refractivity (Wildman–Crippen MR) is 176 cm³/mol. The van der Waals surface area contributed by atoms with Gasteiger partial charge in [-0.25, -0.2) is 0 Å². The number of pyridine rings is 1. The van der Waals surface area contributed by atoms with E-state index in [1.165, 1.54) is 124 Å². The van der Waals surface area contributed by atoms with E-state index in [2.05, 4.69) is 36.2 Å². The van der Waals surface area contributed by atoms with Crippen molar-refractivity contribution in [2.45, 2.75) is 116 Å². The molecule has 4 heteroatoms. The molecule has 0 aliphatic rings. The Morgan fingerprint density at radius 3 is 1.62 bits per heavy atom. The van der Waals surface area contributed by atoms with E-state index in [1.807, 2.05) is 18.2 Å². The van der Waals surface area contributed by atoms with E-state index >= 15 is 0 Å². The topological polar surface area (TPSA) is 49.9 Å². The van der Waals surface area contributed by atoms with Crippen LogP contribution in [-0.2, 0) is 6.42 Å². The number of unbranched alkanes of at least 4 members (excludes halogenated alkanes) is 15. The van der Waals surface area contributed by atoms with Gasteiger partial charge in [-0.05, 0) is 48.1 Å². The molecule has 0 atom stereocenters. The largest absolute Gasteiger partial charge is 0.288 e. The van der Waals surface area contributed by atoms with Crippen LogP contribution in [0.4, 0.5) is 0 Å². The molecular formula is C36H45NO2S. The van der Waals surface area contributed by atoms with Crippen molar-refractivity contribution in [3.05, 3.63) is 68.7 Å². The number of H-pyrrole nitrogens is 1. The molecule has 0 fully saturated rings. The highest BCUT2D eigenvalue weighted by Crippen LogP contribution is 2.41. The van der Waals surface area contributed by atoms with Crippen molar-refractivity contribution in [2.24, 2.45) is 0 Å². The van der Waals surface area contributed by atoms with Crippen molar-refractivity contribution in [3.63, 3.8) is 0 Å². The normalized spacial score (nSPS) is 12.0. The van der Waals surface area contributed by atoms with E-state index in [0.29, 0.717) is 10.8 Å².